The largest absolute Gasteiger partial charge is 0.346 e. The fourth-order valence-corrected chi connectivity index (χ4v) is 2.99. The van der Waals surface area contributed by atoms with Crippen LogP contribution in [0.2, 0.25) is 0 Å². The Labute approximate surface area is 145 Å². The number of aromatic nitrogens is 5. The number of nitrogens with one attached hydrogen (secondary N) is 2. The van der Waals surface area contributed by atoms with E-state index in [1.807, 2.05) is 13.0 Å². The van der Waals surface area contributed by atoms with Crippen molar-refractivity contribution < 1.29 is 4.79 Å². The molecule has 0 radical (unpaired) electrons. The molecular weight excluding hydrogens is 316 g/mol. The van der Waals surface area contributed by atoms with E-state index in [0.717, 1.165) is 40.7 Å². The van der Waals surface area contributed by atoms with Crippen LogP contribution in [0.4, 0.5) is 5.82 Å². The number of amides is 1. The van der Waals surface area contributed by atoms with Crippen molar-refractivity contribution in [2.45, 2.75) is 33.2 Å². The van der Waals surface area contributed by atoms with Crippen LogP contribution in [0.15, 0.2) is 30.9 Å². The Hall–Kier alpha value is -2.96. The van der Waals surface area contributed by atoms with Crippen molar-refractivity contribution in [2.75, 3.05) is 5.32 Å². The number of pyridine rings is 1. The minimum atomic E-state index is -0.127. The Bertz CT molecular complexity index is 908. The fraction of sp³-hybridized carbons (Fsp3) is 0.333. The number of aryl methyl sites for hydroxylation is 1. The van der Waals surface area contributed by atoms with Gasteiger partial charge in [0.1, 0.15) is 12.1 Å². The van der Waals surface area contributed by atoms with Crippen molar-refractivity contribution in [3.05, 3.63) is 36.4 Å². The lowest BCUT2D eigenvalue weighted by Gasteiger charge is -2.12. The van der Waals surface area contributed by atoms with Gasteiger partial charge in [0.25, 0.3) is 0 Å². The standard InChI is InChI=1S/C18H20N6O/c1-11-7-19-17(22-12(2)25)6-15(11)16-5-14(18-20-10-21-23-18)9-24(16)8-13-3-4-13/h5-7,9-10,13H,3-4,8H2,1-2H3,(H,19,22,25)(H,20,21,23). The summed E-state index contributed by atoms with van der Waals surface area (Å²) in [6.07, 6.45) is 7.98. The van der Waals surface area contributed by atoms with Gasteiger partial charge < -0.3 is 9.88 Å². The molecule has 1 aliphatic carbocycles. The predicted molar refractivity (Wildman–Crippen MR) is 94.8 cm³/mol. The molecule has 0 saturated heterocycles. The number of nitrogens with zero attached hydrogens (tertiary/aromatic N) is 4. The monoisotopic (exact) mass is 336 g/mol. The molecule has 128 valence electrons. The highest BCUT2D eigenvalue weighted by Crippen LogP contribution is 2.35. The lowest BCUT2D eigenvalue weighted by atomic mass is 10.1. The van der Waals surface area contributed by atoms with E-state index in [9.17, 15) is 4.79 Å². The second-order valence-corrected chi connectivity index (χ2v) is 6.61. The first-order valence-electron chi connectivity index (χ1n) is 8.40. The number of carbonyl (C=O) groups is 1. The third-order valence-electron chi connectivity index (χ3n) is 4.42. The maximum absolute atomic E-state index is 11.4. The smallest absolute Gasteiger partial charge is 0.222 e. The van der Waals surface area contributed by atoms with Gasteiger partial charge in [-0.15, -0.1) is 0 Å². The van der Waals surface area contributed by atoms with Crippen LogP contribution in [0.5, 0.6) is 0 Å². The number of aromatic amines is 1. The van der Waals surface area contributed by atoms with E-state index in [0.29, 0.717) is 5.82 Å². The zero-order valence-corrected chi connectivity index (χ0v) is 14.3. The van der Waals surface area contributed by atoms with Gasteiger partial charge in [-0.25, -0.2) is 9.97 Å². The topological polar surface area (TPSA) is 88.5 Å². The summed E-state index contributed by atoms with van der Waals surface area (Å²) in [4.78, 5) is 19.9. The van der Waals surface area contributed by atoms with E-state index >= 15 is 0 Å². The Balaban J connectivity index is 1.79. The molecular formula is C18H20N6O. The Morgan fingerprint density at radius 3 is 2.88 bits per heavy atom. The van der Waals surface area contributed by atoms with Crippen LogP contribution in [-0.4, -0.2) is 30.6 Å². The van der Waals surface area contributed by atoms with Crippen molar-refractivity contribution in [3.63, 3.8) is 0 Å². The Morgan fingerprint density at radius 1 is 1.36 bits per heavy atom. The van der Waals surface area contributed by atoms with Gasteiger partial charge in [-0.2, -0.15) is 5.10 Å². The van der Waals surface area contributed by atoms with Crippen molar-refractivity contribution >= 4 is 11.7 Å². The van der Waals surface area contributed by atoms with E-state index in [-0.39, 0.29) is 5.91 Å². The van der Waals surface area contributed by atoms with Gasteiger partial charge in [-0.3, -0.25) is 9.89 Å². The first-order chi connectivity index (χ1) is 12.1. The van der Waals surface area contributed by atoms with Gasteiger partial charge in [-0.1, -0.05) is 0 Å². The van der Waals surface area contributed by atoms with E-state index in [4.69, 9.17) is 0 Å². The molecule has 25 heavy (non-hydrogen) atoms. The molecule has 0 bridgehead atoms. The average molecular weight is 336 g/mol. The zero-order valence-electron chi connectivity index (χ0n) is 14.3. The molecule has 1 aliphatic rings. The summed E-state index contributed by atoms with van der Waals surface area (Å²) < 4.78 is 2.27. The second kappa shape index (κ2) is 6.16. The van der Waals surface area contributed by atoms with Crippen molar-refractivity contribution in [1.29, 1.82) is 0 Å². The summed E-state index contributed by atoms with van der Waals surface area (Å²) in [5.74, 6) is 1.93. The SMILES string of the molecule is CC(=O)Nc1cc(-c2cc(-c3ncn[nH]3)cn2CC2CC2)c(C)cn1. The van der Waals surface area contributed by atoms with Gasteiger partial charge in [0.15, 0.2) is 5.82 Å². The van der Waals surface area contributed by atoms with Crippen LogP contribution in [0.25, 0.3) is 22.6 Å². The molecule has 1 saturated carbocycles. The fourth-order valence-electron chi connectivity index (χ4n) is 2.99. The second-order valence-electron chi connectivity index (χ2n) is 6.61. The number of hydrogen-bond acceptors (Lipinski definition) is 4. The number of H-pyrrole nitrogens is 1. The van der Waals surface area contributed by atoms with E-state index in [1.165, 1.54) is 26.1 Å². The van der Waals surface area contributed by atoms with Crippen molar-refractivity contribution in [1.82, 2.24) is 24.7 Å². The highest BCUT2D eigenvalue weighted by atomic mass is 16.1. The molecule has 0 spiro atoms. The summed E-state index contributed by atoms with van der Waals surface area (Å²) in [6.45, 7) is 4.50. The van der Waals surface area contributed by atoms with Crippen LogP contribution in [-0.2, 0) is 11.3 Å². The normalized spacial score (nSPS) is 13.8. The first kappa shape index (κ1) is 15.6. The Morgan fingerprint density at radius 2 is 2.20 bits per heavy atom. The molecule has 7 heteroatoms. The number of carbonyl (C=O) groups excluding carboxylic acids is 1. The van der Waals surface area contributed by atoms with Gasteiger partial charge in [0, 0.05) is 42.7 Å². The molecule has 1 fully saturated rings. The summed E-state index contributed by atoms with van der Waals surface area (Å²) in [7, 11) is 0. The van der Waals surface area contributed by atoms with Crippen LogP contribution in [0, 0.1) is 12.8 Å². The Kier molecular flexibility index (Phi) is 3.83. The van der Waals surface area contributed by atoms with Crippen molar-refractivity contribution in [3.8, 4) is 22.6 Å². The number of hydrogen-bond donors (Lipinski definition) is 2. The minimum absolute atomic E-state index is 0.127. The summed E-state index contributed by atoms with van der Waals surface area (Å²) in [6, 6.07) is 4.04. The van der Waals surface area contributed by atoms with E-state index < -0.39 is 0 Å². The van der Waals surface area contributed by atoms with Gasteiger partial charge in [-0.05, 0) is 43.4 Å². The number of anilines is 1. The van der Waals surface area contributed by atoms with E-state index in [2.05, 4.69) is 42.3 Å². The number of rotatable bonds is 5. The molecule has 7 nitrogen and oxygen atoms in total. The summed E-state index contributed by atoms with van der Waals surface area (Å²) in [5.41, 5.74) is 4.23. The molecule has 1 amide bonds. The predicted octanol–water partition coefficient (Wildman–Crippen LogP) is 3.01. The third-order valence-corrected chi connectivity index (χ3v) is 4.42. The molecule has 0 unspecified atom stereocenters. The maximum Gasteiger partial charge on any atom is 0.222 e. The lowest BCUT2D eigenvalue weighted by Crippen LogP contribution is -2.08. The molecule has 4 rings (SSSR count). The molecule has 3 aromatic heterocycles. The third kappa shape index (κ3) is 3.31. The molecule has 3 aromatic rings. The minimum Gasteiger partial charge on any atom is -0.346 e. The quantitative estimate of drug-likeness (QED) is 0.749. The molecule has 3 heterocycles. The average Bonchev–Trinajstić information content (AvgIpc) is 3.07. The highest BCUT2D eigenvalue weighted by molar-refractivity contribution is 5.88. The van der Waals surface area contributed by atoms with Gasteiger partial charge in [0.2, 0.25) is 5.91 Å². The zero-order chi connectivity index (χ0) is 17.4. The maximum atomic E-state index is 11.4. The van der Waals surface area contributed by atoms with Crippen LogP contribution in [0.1, 0.15) is 25.3 Å². The van der Waals surface area contributed by atoms with E-state index in [1.54, 1.807) is 6.20 Å². The van der Waals surface area contributed by atoms with Gasteiger partial charge in [0.05, 0.1) is 0 Å². The summed E-state index contributed by atoms with van der Waals surface area (Å²) >= 11 is 0. The van der Waals surface area contributed by atoms with Crippen LogP contribution in [0.3, 0.4) is 0 Å². The highest BCUT2D eigenvalue weighted by Gasteiger charge is 2.24. The lowest BCUT2D eigenvalue weighted by molar-refractivity contribution is -0.114. The first-order valence-corrected chi connectivity index (χ1v) is 8.40. The van der Waals surface area contributed by atoms with Gasteiger partial charge >= 0.3 is 0 Å². The molecule has 0 atom stereocenters. The molecule has 0 aliphatic heterocycles. The van der Waals surface area contributed by atoms with Crippen LogP contribution < -0.4 is 5.32 Å². The van der Waals surface area contributed by atoms with Crippen LogP contribution >= 0.6 is 0 Å². The molecule has 0 aromatic carbocycles. The summed E-state index contributed by atoms with van der Waals surface area (Å²) in [5, 5.41) is 9.63. The molecule has 2 N–H and O–H groups in total. The van der Waals surface area contributed by atoms with Crippen molar-refractivity contribution in [2.24, 2.45) is 5.92 Å².